The van der Waals surface area contributed by atoms with E-state index in [0.717, 1.165) is 6.07 Å². The minimum absolute atomic E-state index is 0.0736. The molecule has 2 aromatic rings. The summed E-state index contributed by atoms with van der Waals surface area (Å²) in [6, 6.07) is 10.6. The molecule has 0 aliphatic carbocycles. The molecule has 0 saturated heterocycles. The van der Waals surface area contributed by atoms with Crippen LogP contribution in [-0.2, 0) is 0 Å². The van der Waals surface area contributed by atoms with Crippen LogP contribution in [0.25, 0.3) is 0 Å². The second kappa shape index (κ2) is 5.55. The van der Waals surface area contributed by atoms with Crippen LogP contribution in [0.5, 0.6) is 0 Å². The molecule has 0 aromatic heterocycles. The number of hydrogen-bond donors (Lipinski definition) is 1. The Morgan fingerprint density at radius 3 is 2.74 bits per heavy atom. The molecule has 0 unspecified atom stereocenters. The number of anilines is 1. The highest BCUT2D eigenvalue weighted by Gasteiger charge is 2.12. The predicted molar refractivity (Wildman–Crippen MR) is 73.7 cm³/mol. The molecule has 94 valence electrons. The SMILES string of the molecule is C#Cc1cccc(NC(=O)c2ccc(Cl)cc2F)c1. The zero-order chi connectivity index (χ0) is 13.8. The molecule has 1 N–H and O–H groups in total. The maximum absolute atomic E-state index is 13.6. The first-order valence-electron chi connectivity index (χ1n) is 5.43. The molecular weight excluding hydrogens is 265 g/mol. The summed E-state index contributed by atoms with van der Waals surface area (Å²) in [6.45, 7) is 0. The molecule has 0 spiro atoms. The number of rotatable bonds is 2. The van der Waals surface area contributed by atoms with Gasteiger partial charge in [0.2, 0.25) is 0 Å². The quantitative estimate of drug-likeness (QED) is 0.831. The monoisotopic (exact) mass is 273 g/mol. The summed E-state index contributed by atoms with van der Waals surface area (Å²) >= 11 is 5.63. The van der Waals surface area contributed by atoms with Crippen LogP contribution in [0, 0.1) is 18.2 Å². The fraction of sp³-hybridized carbons (Fsp3) is 0. The van der Waals surface area contributed by atoms with Gasteiger partial charge in [0, 0.05) is 16.3 Å². The predicted octanol–water partition coefficient (Wildman–Crippen LogP) is 3.71. The Bertz CT molecular complexity index is 676. The maximum Gasteiger partial charge on any atom is 0.258 e. The van der Waals surface area contributed by atoms with E-state index in [-0.39, 0.29) is 10.6 Å². The first-order valence-corrected chi connectivity index (χ1v) is 5.81. The third-order valence-corrected chi connectivity index (χ3v) is 2.70. The number of benzene rings is 2. The summed E-state index contributed by atoms with van der Waals surface area (Å²) in [5.41, 5.74) is 1.07. The van der Waals surface area contributed by atoms with Gasteiger partial charge in [-0.15, -0.1) is 6.42 Å². The summed E-state index contributed by atoms with van der Waals surface area (Å²) in [5.74, 6) is 1.24. The lowest BCUT2D eigenvalue weighted by molar-refractivity contribution is 0.102. The van der Waals surface area contributed by atoms with E-state index in [1.807, 2.05) is 0 Å². The molecule has 2 rings (SSSR count). The smallest absolute Gasteiger partial charge is 0.258 e. The largest absolute Gasteiger partial charge is 0.322 e. The van der Waals surface area contributed by atoms with E-state index < -0.39 is 11.7 Å². The van der Waals surface area contributed by atoms with Gasteiger partial charge in [0.1, 0.15) is 5.82 Å². The zero-order valence-corrected chi connectivity index (χ0v) is 10.5. The number of carbonyl (C=O) groups is 1. The Labute approximate surface area is 115 Å². The third kappa shape index (κ3) is 3.12. The van der Waals surface area contributed by atoms with E-state index in [1.165, 1.54) is 12.1 Å². The molecule has 0 aliphatic rings. The van der Waals surface area contributed by atoms with Crippen molar-refractivity contribution < 1.29 is 9.18 Å². The molecule has 0 radical (unpaired) electrons. The number of amides is 1. The van der Waals surface area contributed by atoms with Gasteiger partial charge in [-0.25, -0.2) is 4.39 Å². The zero-order valence-electron chi connectivity index (χ0n) is 9.78. The molecule has 4 heteroatoms. The normalized spacial score (nSPS) is 9.74. The number of halogens is 2. The number of nitrogens with one attached hydrogen (secondary N) is 1. The van der Waals surface area contributed by atoms with Gasteiger partial charge in [-0.05, 0) is 36.4 Å². The molecular formula is C15H9ClFNO. The van der Waals surface area contributed by atoms with Crippen molar-refractivity contribution in [1.29, 1.82) is 0 Å². The highest BCUT2D eigenvalue weighted by molar-refractivity contribution is 6.30. The summed E-state index contributed by atoms with van der Waals surface area (Å²) < 4.78 is 13.6. The standard InChI is InChI=1S/C15H9ClFNO/c1-2-10-4-3-5-12(8-10)18-15(19)13-7-6-11(16)9-14(13)17/h1,3-9H,(H,18,19). The highest BCUT2D eigenvalue weighted by Crippen LogP contribution is 2.17. The Balaban J connectivity index is 2.23. The van der Waals surface area contributed by atoms with E-state index in [9.17, 15) is 9.18 Å². The van der Waals surface area contributed by atoms with Crippen molar-refractivity contribution in [2.75, 3.05) is 5.32 Å². The Morgan fingerprint density at radius 2 is 2.05 bits per heavy atom. The first-order chi connectivity index (χ1) is 9.10. The van der Waals surface area contributed by atoms with Crippen molar-refractivity contribution in [2.24, 2.45) is 0 Å². The van der Waals surface area contributed by atoms with Gasteiger partial charge in [0.05, 0.1) is 5.56 Å². The fourth-order valence-electron chi connectivity index (χ4n) is 1.56. The van der Waals surface area contributed by atoms with Crippen LogP contribution in [0.1, 0.15) is 15.9 Å². The van der Waals surface area contributed by atoms with Crippen LogP contribution in [0.15, 0.2) is 42.5 Å². The van der Waals surface area contributed by atoms with Crippen molar-refractivity contribution >= 4 is 23.2 Å². The van der Waals surface area contributed by atoms with Gasteiger partial charge in [-0.3, -0.25) is 4.79 Å². The van der Waals surface area contributed by atoms with Crippen LogP contribution in [-0.4, -0.2) is 5.91 Å². The van der Waals surface area contributed by atoms with E-state index in [2.05, 4.69) is 11.2 Å². The molecule has 2 aromatic carbocycles. The highest BCUT2D eigenvalue weighted by atomic mass is 35.5. The maximum atomic E-state index is 13.6. The van der Waals surface area contributed by atoms with Gasteiger partial charge in [0.25, 0.3) is 5.91 Å². The number of hydrogen-bond acceptors (Lipinski definition) is 1. The van der Waals surface area contributed by atoms with Gasteiger partial charge in [-0.1, -0.05) is 23.6 Å². The van der Waals surface area contributed by atoms with Crippen molar-refractivity contribution in [2.45, 2.75) is 0 Å². The van der Waals surface area contributed by atoms with Crippen molar-refractivity contribution in [3.63, 3.8) is 0 Å². The van der Waals surface area contributed by atoms with Crippen LogP contribution >= 0.6 is 11.6 Å². The van der Waals surface area contributed by atoms with E-state index in [1.54, 1.807) is 24.3 Å². The lowest BCUT2D eigenvalue weighted by Crippen LogP contribution is -2.13. The lowest BCUT2D eigenvalue weighted by Gasteiger charge is -2.06. The minimum Gasteiger partial charge on any atom is -0.322 e. The molecule has 19 heavy (non-hydrogen) atoms. The average molecular weight is 274 g/mol. The fourth-order valence-corrected chi connectivity index (χ4v) is 1.72. The van der Waals surface area contributed by atoms with Crippen molar-refractivity contribution in [3.8, 4) is 12.3 Å². The van der Waals surface area contributed by atoms with Crippen LogP contribution in [0.2, 0.25) is 5.02 Å². The number of terminal acetylenes is 1. The summed E-state index contributed by atoms with van der Waals surface area (Å²) in [7, 11) is 0. The van der Waals surface area contributed by atoms with Crippen LogP contribution in [0.4, 0.5) is 10.1 Å². The summed E-state index contributed by atoms with van der Waals surface area (Å²) in [5, 5.41) is 2.81. The Hall–Kier alpha value is -2.31. The summed E-state index contributed by atoms with van der Waals surface area (Å²) in [4.78, 5) is 11.9. The van der Waals surface area contributed by atoms with Gasteiger partial charge in [-0.2, -0.15) is 0 Å². The van der Waals surface area contributed by atoms with Crippen LogP contribution < -0.4 is 5.32 Å². The molecule has 0 atom stereocenters. The minimum atomic E-state index is -0.668. The molecule has 0 bridgehead atoms. The molecule has 2 nitrogen and oxygen atoms in total. The Morgan fingerprint density at radius 1 is 1.26 bits per heavy atom. The molecule has 1 amide bonds. The van der Waals surface area contributed by atoms with E-state index in [4.69, 9.17) is 18.0 Å². The van der Waals surface area contributed by atoms with E-state index >= 15 is 0 Å². The molecule has 0 heterocycles. The average Bonchev–Trinajstić information content (AvgIpc) is 2.38. The lowest BCUT2D eigenvalue weighted by atomic mass is 10.1. The molecule has 0 fully saturated rings. The Kier molecular flexibility index (Phi) is 3.84. The second-order valence-corrected chi connectivity index (χ2v) is 4.24. The second-order valence-electron chi connectivity index (χ2n) is 3.80. The summed E-state index contributed by atoms with van der Waals surface area (Å²) in [6.07, 6.45) is 5.26. The van der Waals surface area contributed by atoms with Crippen molar-refractivity contribution in [1.82, 2.24) is 0 Å². The van der Waals surface area contributed by atoms with Gasteiger partial charge in [0.15, 0.2) is 0 Å². The number of carbonyl (C=O) groups excluding carboxylic acids is 1. The first kappa shape index (κ1) is 13.1. The van der Waals surface area contributed by atoms with Gasteiger partial charge < -0.3 is 5.32 Å². The van der Waals surface area contributed by atoms with Crippen molar-refractivity contribution in [3.05, 3.63) is 64.4 Å². The van der Waals surface area contributed by atoms with Gasteiger partial charge >= 0.3 is 0 Å². The van der Waals surface area contributed by atoms with Crippen LogP contribution in [0.3, 0.4) is 0 Å². The van der Waals surface area contributed by atoms with E-state index in [0.29, 0.717) is 11.3 Å². The third-order valence-electron chi connectivity index (χ3n) is 2.46. The topological polar surface area (TPSA) is 29.1 Å². The molecule has 0 aliphatic heterocycles. The molecule has 0 saturated carbocycles.